The van der Waals surface area contributed by atoms with Crippen LogP contribution in [-0.4, -0.2) is 15.7 Å². The number of benzene rings is 1. The maximum absolute atomic E-state index is 12.4. The Bertz CT molecular complexity index is 952. The van der Waals surface area contributed by atoms with Crippen molar-refractivity contribution in [3.8, 4) is 5.75 Å². The molecule has 5 nitrogen and oxygen atoms in total. The summed E-state index contributed by atoms with van der Waals surface area (Å²) in [6.07, 6.45) is 1.59. The van der Waals surface area contributed by atoms with Crippen LogP contribution in [0.15, 0.2) is 35.8 Å². The number of nitrogens with zero attached hydrogens (tertiary/aromatic N) is 2. The van der Waals surface area contributed by atoms with E-state index in [1.54, 1.807) is 10.9 Å². The lowest BCUT2D eigenvalue weighted by Crippen LogP contribution is -2.23. The molecule has 3 aromatic rings. The number of ether oxygens (including phenoxy) is 1. The van der Waals surface area contributed by atoms with Crippen LogP contribution in [0, 0.1) is 6.92 Å². The highest BCUT2D eigenvalue weighted by atomic mass is 35.5. The lowest BCUT2D eigenvalue weighted by atomic mass is 10.2. The fourth-order valence-corrected chi connectivity index (χ4v) is 3.67. The molecule has 0 radical (unpaired) electrons. The molecule has 1 amide bonds. The zero-order chi connectivity index (χ0) is 19.4. The summed E-state index contributed by atoms with van der Waals surface area (Å²) in [5.74, 6) is 0.602. The van der Waals surface area contributed by atoms with Crippen molar-refractivity contribution in [1.29, 1.82) is 0 Å². The molecular formula is C19H19Cl2N3O2S. The number of amides is 1. The van der Waals surface area contributed by atoms with Crippen molar-refractivity contribution in [3.05, 3.63) is 67.6 Å². The molecule has 2 aromatic heterocycles. The van der Waals surface area contributed by atoms with Gasteiger partial charge in [0.2, 0.25) is 0 Å². The molecule has 0 saturated heterocycles. The molecule has 0 bridgehead atoms. The van der Waals surface area contributed by atoms with Gasteiger partial charge in [-0.25, -0.2) is 0 Å². The van der Waals surface area contributed by atoms with Crippen molar-refractivity contribution >= 4 is 40.4 Å². The minimum atomic E-state index is -0.145. The topological polar surface area (TPSA) is 56.2 Å². The van der Waals surface area contributed by atoms with Crippen molar-refractivity contribution in [3.63, 3.8) is 0 Å². The molecule has 0 spiro atoms. The van der Waals surface area contributed by atoms with E-state index in [4.69, 9.17) is 27.9 Å². The molecule has 0 fully saturated rings. The van der Waals surface area contributed by atoms with E-state index in [0.717, 1.165) is 22.6 Å². The van der Waals surface area contributed by atoms with Crippen LogP contribution in [-0.2, 0) is 19.7 Å². The van der Waals surface area contributed by atoms with Gasteiger partial charge in [-0.05, 0) is 49.1 Å². The summed E-state index contributed by atoms with van der Waals surface area (Å²) in [4.78, 5) is 13.0. The van der Waals surface area contributed by atoms with Gasteiger partial charge in [0.1, 0.15) is 12.4 Å². The Morgan fingerprint density at radius 3 is 2.85 bits per heavy atom. The number of aryl methyl sites for hydroxylation is 2. The highest BCUT2D eigenvalue weighted by Gasteiger charge is 2.13. The molecule has 142 valence electrons. The van der Waals surface area contributed by atoms with Crippen molar-refractivity contribution in [2.24, 2.45) is 0 Å². The van der Waals surface area contributed by atoms with Gasteiger partial charge in [-0.15, -0.1) is 11.3 Å². The molecule has 0 unspecified atom stereocenters. The first-order valence-electron chi connectivity index (χ1n) is 8.42. The van der Waals surface area contributed by atoms with E-state index in [2.05, 4.69) is 10.4 Å². The summed E-state index contributed by atoms with van der Waals surface area (Å²) in [5, 5.41) is 10.2. The van der Waals surface area contributed by atoms with Crippen molar-refractivity contribution in [1.82, 2.24) is 15.1 Å². The van der Waals surface area contributed by atoms with Crippen LogP contribution in [0.1, 0.15) is 33.4 Å². The third-order valence-electron chi connectivity index (χ3n) is 4.03. The maximum atomic E-state index is 12.4. The van der Waals surface area contributed by atoms with Gasteiger partial charge in [-0.1, -0.05) is 23.2 Å². The Morgan fingerprint density at radius 1 is 1.30 bits per heavy atom. The third-order valence-corrected chi connectivity index (χ3v) is 5.74. The largest absolute Gasteiger partial charge is 0.489 e. The fourth-order valence-electron chi connectivity index (χ4n) is 2.53. The molecule has 2 heterocycles. The van der Waals surface area contributed by atoms with Gasteiger partial charge in [0.05, 0.1) is 28.3 Å². The highest BCUT2D eigenvalue weighted by molar-refractivity contribution is 7.12. The monoisotopic (exact) mass is 423 g/mol. The molecule has 0 saturated carbocycles. The minimum Gasteiger partial charge on any atom is -0.489 e. The van der Waals surface area contributed by atoms with Crippen LogP contribution >= 0.6 is 34.5 Å². The van der Waals surface area contributed by atoms with Crippen molar-refractivity contribution in [2.45, 2.75) is 33.5 Å². The van der Waals surface area contributed by atoms with Gasteiger partial charge in [-0.3, -0.25) is 9.48 Å². The number of thiophene rings is 1. The summed E-state index contributed by atoms with van der Waals surface area (Å²) >= 11 is 13.5. The van der Waals surface area contributed by atoms with Crippen LogP contribution in [0.3, 0.4) is 0 Å². The predicted molar refractivity (Wildman–Crippen MR) is 109 cm³/mol. The van der Waals surface area contributed by atoms with E-state index in [0.29, 0.717) is 34.6 Å². The standard InChI is InChI=1S/C19H19Cl2N3O2S/c1-3-24-17(16(21)8-23-24)9-22-19(25)18-7-13(11-27-18)10-26-14-4-5-15(20)12(2)6-14/h4-8,11H,3,9-10H2,1-2H3,(H,22,25). The number of halogens is 2. The average Bonchev–Trinajstić information content (AvgIpc) is 3.27. The molecule has 3 rings (SSSR count). The first-order valence-corrected chi connectivity index (χ1v) is 10.1. The van der Waals surface area contributed by atoms with Crippen LogP contribution in [0.25, 0.3) is 0 Å². The number of carbonyl (C=O) groups is 1. The molecule has 27 heavy (non-hydrogen) atoms. The fraction of sp³-hybridized carbons (Fsp3) is 0.263. The maximum Gasteiger partial charge on any atom is 0.261 e. The minimum absolute atomic E-state index is 0.145. The van der Waals surface area contributed by atoms with Gasteiger partial charge in [0.25, 0.3) is 5.91 Å². The van der Waals surface area contributed by atoms with E-state index < -0.39 is 0 Å². The molecule has 0 aliphatic carbocycles. The van der Waals surface area contributed by atoms with Crippen LogP contribution in [0.4, 0.5) is 0 Å². The Hall–Kier alpha value is -2.02. The van der Waals surface area contributed by atoms with Gasteiger partial charge < -0.3 is 10.1 Å². The number of nitrogens with one attached hydrogen (secondary N) is 1. The van der Waals surface area contributed by atoms with E-state index >= 15 is 0 Å². The third kappa shape index (κ3) is 4.83. The zero-order valence-electron chi connectivity index (χ0n) is 15.0. The smallest absolute Gasteiger partial charge is 0.261 e. The SMILES string of the molecule is CCn1ncc(Cl)c1CNC(=O)c1cc(COc2ccc(Cl)c(C)c2)cs1. The number of carbonyl (C=O) groups excluding carboxylic acids is 1. The first kappa shape index (κ1) is 19.7. The number of hydrogen-bond donors (Lipinski definition) is 1. The molecule has 8 heteroatoms. The number of hydrogen-bond acceptors (Lipinski definition) is 4. The normalized spacial score (nSPS) is 10.8. The Morgan fingerprint density at radius 2 is 2.11 bits per heavy atom. The lowest BCUT2D eigenvalue weighted by Gasteiger charge is -2.07. The summed E-state index contributed by atoms with van der Waals surface area (Å²) < 4.78 is 7.54. The van der Waals surface area contributed by atoms with Gasteiger partial charge >= 0.3 is 0 Å². The second-order valence-electron chi connectivity index (χ2n) is 5.96. The molecule has 1 N–H and O–H groups in total. The number of rotatable bonds is 7. The molecular weight excluding hydrogens is 405 g/mol. The van der Waals surface area contributed by atoms with E-state index in [-0.39, 0.29) is 5.91 Å². The quantitative estimate of drug-likeness (QED) is 0.575. The lowest BCUT2D eigenvalue weighted by molar-refractivity contribution is 0.0954. The Kier molecular flexibility index (Phi) is 6.42. The molecule has 0 aliphatic heterocycles. The summed E-state index contributed by atoms with van der Waals surface area (Å²) in [7, 11) is 0. The van der Waals surface area contributed by atoms with Crippen LogP contribution < -0.4 is 10.1 Å². The second kappa shape index (κ2) is 8.78. The zero-order valence-corrected chi connectivity index (χ0v) is 17.3. The predicted octanol–water partition coefficient (Wildman–Crippen LogP) is 5.09. The summed E-state index contributed by atoms with van der Waals surface area (Å²) in [6.45, 7) is 5.32. The molecule has 0 aliphatic rings. The highest BCUT2D eigenvalue weighted by Crippen LogP contribution is 2.23. The van der Waals surface area contributed by atoms with Crippen LogP contribution in [0.2, 0.25) is 10.0 Å². The van der Waals surface area contributed by atoms with Crippen molar-refractivity contribution in [2.75, 3.05) is 0 Å². The average molecular weight is 424 g/mol. The van der Waals surface area contributed by atoms with Gasteiger partial charge in [-0.2, -0.15) is 5.10 Å². The van der Waals surface area contributed by atoms with Gasteiger partial charge in [0, 0.05) is 17.1 Å². The summed E-state index contributed by atoms with van der Waals surface area (Å²) in [5.41, 5.74) is 2.70. The van der Waals surface area contributed by atoms with E-state index in [1.165, 1.54) is 11.3 Å². The second-order valence-corrected chi connectivity index (χ2v) is 7.68. The van der Waals surface area contributed by atoms with Crippen LogP contribution in [0.5, 0.6) is 5.75 Å². The molecule has 1 aromatic carbocycles. The van der Waals surface area contributed by atoms with Gasteiger partial charge in [0.15, 0.2) is 0 Å². The Balaban J connectivity index is 1.57. The molecule has 0 atom stereocenters. The number of aromatic nitrogens is 2. The van der Waals surface area contributed by atoms with E-state index in [1.807, 2.05) is 43.5 Å². The Labute approximate surface area is 171 Å². The summed E-state index contributed by atoms with van der Waals surface area (Å²) in [6, 6.07) is 7.37. The first-order chi connectivity index (χ1) is 13.0. The van der Waals surface area contributed by atoms with E-state index in [9.17, 15) is 4.79 Å². The van der Waals surface area contributed by atoms with Crippen molar-refractivity contribution < 1.29 is 9.53 Å².